The van der Waals surface area contributed by atoms with Crippen LogP contribution in [-0.4, -0.2) is 19.1 Å². The van der Waals surface area contributed by atoms with Gasteiger partial charge < -0.3 is 16.0 Å². The molecule has 0 bridgehead atoms. The van der Waals surface area contributed by atoms with Crippen molar-refractivity contribution in [2.24, 2.45) is 0 Å². The molecular formula is C18H20F3N3. The number of nitrogens with two attached hydrogens (primary N) is 1. The number of halogens is 3. The van der Waals surface area contributed by atoms with Crippen LogP contribution in [0.25, 0.3) is 0 Å². The van der Waals surface area contributed by atoms with Crippen molar-refractivity contribution in [2.75, 3.05) is 29.0 Å². The summed E-state index contributed by atoms with van der Waals surface area (Å²) in [5.74, 6) is 0. The van der Waals surface area contributed by atoms with Crippen LogP contribution >= 0.6 is 0 Å². The Labute approximate surface area is 139 Å². The number of hydrogen-bond donors (Lipinski definition) is 2. The summed E-state index contributed by atoms with van der Waals surface area (Å²) < 4.78 is 37.9. The molecule has 1 saturated heterocycles. The van der Waals surface area contributed by atoms with Gasteiger partial charge in [-0.25, -0.2) is 0 Å². The van der Waals surface area contributed by atoms with Crippen LogP contribution in [0.4, 0.5) is 30.2 Å². The zero-order valence-corrected chi connectivity index (χ0v) is 13.2. The predicted octanol–water partition coefficient (Wildman–Crippen LogP) is 4.37. The van der Waals surface area contributed by atoms with Crippen molar-refractivity contribution in [3.05, 3.63) is 54.1 Å². The number of anilines is 3. The van der Waals surface area contributed by atoms with Gasteiger partial charge in [-0.2, -0.15) is 13.2 Å². The van der Waals surface area contributed by atoms with Gasteiger partial charge in [0.1, 0.15) is 0 Å². The highest BCUT2D eigenvalue weighted by Crippen LogP contribution is 2.31. The topological polar surface area (TPSA) is 41.3 Å². The van der Waals surface area contributed by atoms with Crippen LogP contribution in [-0.2, 0) is 6.18 Å². The lowest BCUT2D eigenvalue weighted by Crippen LogP contribution is -2.39. The fraction of sp³-hybridized carbons (Fsp3) is 0.333. The van der Waals surface area contributed by atoms with Crippen molar-refractivity contribution in [2.45, 2.75) is 25.1 Å². The number of nitrogen functional groups attached to an aromatic ring is 1. The van der Waals surface area contributed by atoms with Gasteiger partial charge in [-0.05, 0) is 49.2 Å². The first-order chi connectivity index (χ1) is 11.4. The Balaban J connectivity index is 1.58. The van der Waals surface area contributed by atoms with Crippen molar-refractivity contribution < 1.29 is 13.2 Å². The van der Waals surface area contributed by atoms with E-state index in [9.17, 15) is 13.2 Å². The van der Waals surface area contributed by atoms with Crippen LogP contribution in [0.15, 0.2) is 48.5 Å². The Kier molecular flexibility index (Phi) is 4.55. The van der Waals surface area contributed by atoms with E-state index in [1.54, 1.807) is 12.1 Å². The number of para-hydroxylation sites is 2. The minimum absolute atomic E-state index is 0.320. The first-order valence-corrected chi connectivity index (χ1v) is 7.97. The average Bonchev–Trinajstić information content (AvgIpc) is 2.57. The van der Waals surface area contributed by atoms with Crippen LogP contribution in [0.3, 0.4) is 0 Å². The van der Waals surface area contributed by atoms with Crippen LogP contribution in [0.2, 0.25) is 0 Å². The Morgan fingerprint density at radius 1 is 0.958 bits per heavy atom. The summed E-state index contributed by atoms with van der Waals surface area (Å²) >= 11 is 0. The largest absolute Gasteiger partial charge is 0.416 e. The highest BCUT2D eigenvalue weighted by Gasteiger charge is 2.30. The van der Waals surface area contributed by atoms with Gasteiger partial charge >= 0.3 is 6.18 Å². The third-order valence-electron chi connectivity index (χ3n) is 4.38. The monoisotopic (exact) mass is 335 g/mol. The second-order valence-corrected chi connectivity index (χ2v) is 6.04. The molecule has 3 rings (SSSR count). The molecule has 1 aliphatic rings. The maximum Gasteiger partial charge on any atom is 0.416 e. The Bertz CT molecular complexity index is 675. The van der Waals surface area contributed by atoms with Gasteiger partial charge in [-0.1, -0.05) is 12.1 Å². The maximum atomic E-state index is 12.6. The second-order valence-electron chi connectivity index (χ2n) is 6.04. The van der Waals surface area contributed by atoms with Crippen molar-refractivity contribution in [3.63, 3.8) is 0 Å². The van der Waals surface area contributed by atoms with Gasteiger partial charge in [-0.3, -0.25) is 0 Å². The fourth-order valence-electron chi connectivity index (χ4n) is 2.99. The van der Waals surface area contributed by atoms with Gasteiger partial charge in [0.15, 0.2) is 0 Å². The number of nitrogens with zero attached hydrogens (tertiary/aromatic N) is 1. The van der Waals surface area contributed by atoms with E-state index in [4.69, 9.17) is 5.73 Å². The molecule has 0 atom stereocenters. The maximum absolute atomic E-state index is 12.6. The van der Waals surface area contributed by atoms with Crippen LogP contribution in [0, 0.1) is 0 Å². The van der Waals surface area contributed by atoms with E-state index in [0.29, 0.717) is 6.04 Å². The molecule has 1 fully saturated rings. The molecule has 6 heteroatoms. The van der Waals surface area contributed by atoms with Gasteiger partial charge in [0.05, 0.1) is 16.9 Å². The van der Waals surface area contributed by atoms with Gasteiger partial charge in [0, 0.05) is 24.8 Å². The molecule has 2 aromatic carbocycles. The molecule has 0 aliphatic carbocycles. The molecule has 3 N–H and O–H groups in total. The summed E-state index contributed by atoms with van der Waals surface area (Å²) in [5.41, 5.74) is 7.83. The summed E-state index contributed by atoms with van der Waals surface area (Å²) in [5, 5.41) is 3.45. The first-order valence-electron chi connectivity index (χ1n) is 7.97. The summed E-state index contributed by atoms with van der Waals surface area (Å²) in [6, 6.07) is 13.4. The first kappa shape index (κ1) is 16.5. The summed E-state index contributed by atoms with van der Waals surface area (Å²) in [7, 11) is 0. The lowest BCUT2D eigenvalue weighted by Gasteiger charge is -2.34. The van der Waals surface area contributed by atoms with E-state index < -0.39 is 11.7 Å². The molecule has 0 spiro atoms. The molecule has 0 saturated carbocycles. The van der Waals surface area contributed by atoms with Crippen molar-refractivity contribution >= 4 is 17.1 Å². The Morgan fingerprint density at radius 2 is 1.58 bits per heavy atom. The van der Waals surface area contributed by atoms with E-state index in [1.807, 2.05) is 24.3 Å². The Hall–Kier alpha value is -2.37. The third kappa shape index (κ3) is 3.75. The SMILES string of the molecule is Nc1ccccc1NC1CCN(c2ccc(C(F)(F)F)cc2)CC1. The third-order valence-corrected chi connectivity index (χ3v) is 4.38. The Morgan fingerprint density at radius 3 is 2.17 bits per heavy atom. The lowest BCUT2D eigenvalue weighted by atomic mass is 10.0. The van der Waals surface area contributed by atoms with E-state index >= 15 is 0 Å². The predicted molar refractivity (Wildman–Crippen MR) is 91.2 cm³/mol. The molecule has 0 unspecified atom stereocenters. The summed E-state index contributed by atoms with van der Waals surface area (Å²) in [4.78, 5) is 2.12. The van der Waals surface area contributed by atoms with E-state index in [2.05, 4.69) is 10.2 Å². The minimum atomic E-state index is -4.29. The molecule has 0 aromatic heterocycles. The molecule has 1 aliphatic heterocycles. The van der Waals surface area contributed by atoms with Crippen molar-refractivity contribution in [3.8, 4) is 0 Å². The summed E-state index contributed by atoms with van der Waals surface area (Å²) in [6.07, 6.45) is -2.46. The molecule has 128 valence electrons. The van der Waals surface area contributed by atoms with E-state index in [-0.39, 0.29) is 0 Å². The molecule has 0 amide bonds. The molecular weight excluding hydrogens is 315 g/mol. The lowest BCUT2D eigenvalue weighted by molar-refractivity contribution is -0.137. The number of piperidine rings is 1. The average molecular weight is 335 g/mol. The molecule has 2 aromatic rings. The zero-order valence-electron chi connectivity index (χ0n) is 13.2. The van der Waals surface area contributed by atoms with Gasteiger partial charge in [0.2, 0.25) is 0 Å². The standard InChI is InChI=1S/C18H20F3N3/c19-18(20,21)13-5-7-15(8-6-13)24-11-9-14(10-12-24)23-17-4-2-1-3-16(17)22/h1-8,14,23H,9-12,22H2. The normalized spacial score (nSPS) is 16.2. The van der Waals surface area contributed by atoms with E-state index in [1.165, 1.54) is 0 Å². The van der Waals surface area contributed by atoms with Crippen LogP contribution in [0.5, 0.6) is 0 Å². The smallest absolute Gasteiger partial charge is 0.397 e. The highest BCUT2D eigenvalue weighted by molar-refractivity contribution is 5.66. The zero-order chi connectivity index (χ0) is 17.2. The quantitative estimate of drug-likeness (QED) is 0.819. The number of nitrogens with one attached hydrogen (secondary N) is 1. The highest BCUT2D eigenvalue weighted by atomic mass is 19.4. The fourth-order valence-corrected chi connectivity index (χ4v) is 2.99. The summed E-state index contributed by atoms with van der Waals surface area (Å²) in [6.45, 7) is 1.60. The van der Waals surface area contributed by atoms with Crippen molar-refractivity contribution in [1.82, 2.24) is 0 Å². The number of alkyl halides is 3. The van der Waals surface area contributed by atoms with Crippen molar-refractivity contribution in [1.29, 1.82) is 0 Å². The van der Waals surface area contributed by atoms with Crippen LogP contribution < -0.4 is 16.0 Å². The molecule has 24 heavy (non-hydrogen) atoms. The number of rotatable bonds is 3. The second kappa shape index (κ2) is 6.63. The molecule has 0 radical (unpaired) electrons. The van der Waals surface area contributed by atoms with Crippen LogP contribution in [0.1, 0.15) is 18.4 Å². The number of benzene rings is 2. The molecule has 3 nitrogen and oxygen atoms in total. The minimum Gasteiger partial charge on any atom is -0.397 e. The number of hydrogen-bond acceptors (Lipinski definition) is 3. The van der Waals surface area contributed by atoms with Gasteiger partial charge in [-0.15, -0.1) is 0 Å². The van der Waals surface area contributed by atoms with Gasteiger partial charge in [0.25, 0.3) is 0 Å². The van der Waals surface area contributed by atoms with E-state index in [0.717, 1.165) is 55.1 Å². The molecule has 1 heterocycles.